The second-order valence-electron chi connectivity index (χ2n) is 0. The molecule has 0 saturated heterocycles. The standard InChI is InChI=1S/BH4.ClH.2Na/h1H4;1H;;/q-1;;2*+1/p-1. The first-order valence-electron chi connectivity index (χ1n) is 0. The maximum atomic E-state index is 0. The average Bonchev–Trinajstić information content (AvgIpc) is 0. The first kappa shape index (κ1) is 32.9. The second-order valence-corrected chi connectivity index (χ2v) is 0. The predicted octanol–water partition coefficient (Wildman–Crippen LogP) is -10.4. The number of halogens is 1. The van der Waals surface area contributed by atoms with Crippen molar-refractivity contribution in [1.82, 2.24) is 0 Å². The monoisotopic (exact) mass is 96.0 g/mol. The van der Waals surface area contributed by atoms with E-state index in [-0.39, 0.29) is 79.9 Å². The average molecular weight is 96.3 g/mol. The largest absolute Gasteiger partial charge is 1.00 e. The molecule has 0 aliphatic rings. The van der Waals surface area contributed by atoms with Crippen LogP contribution in [0.5, 0.6) is 0 Å². The van der Waals surface area contributed by atoms with Crippen LogP contribution >= 0.6 is 0 Å². The molecular weight excluding hydrogens is 92.2 g/mol. The Labute approximate surface area is 78.7 Å². The van der Waals surface area contributed by atoms with E-state index in [1.807, 2.05) is 0 Å². The summed E-state index contributed by atoms with van der Waals surface area (Å²) in [5.41, 5.74) is 0. The number of hydrogen-bond donors (Lipinski definition) is 0. The normalized spacial score (nSPS) is 0. The quantitative estimate of drug-likeness (QED) is 0.263. The summed E-state index contributed by atoms with van der Waals surface area (Å²) in [6.07, 6.45) is 0. The molecular formula is H4BClNa2. The van der Waals surface area contributed by atoms with Crippen molar-refractivity contribution in [1.29, 1.82) is 0 Å². The fraction of sp³-hybridized carbons (Fsp3) is 0. The van der Waals surface area contributed by atoms with Gasteiger partial charge in [0, 0.05) is 0 Å². The molecule has 4 heavy (non-hydrogen) atoms. The molecule has 0 aliphatic heterocycles. The molecule has 0 amide bonds. The van der Waals surface area contributed by atoms with Gasteiger partial charge in [0.1, 0.15) is 0 Å². The molecule has 0 rings (SSSR count). The van der Waals surface area contributed by atoms with E-state index in [0.29, 0.717) is 0 Å². The molecule has 0 N–H and O–H groups in total. The Bertz CT molecular complexity index is 6.00. The summed E-state index contributed by atoms with van der Waals surface area (Å²) in [5.74, 6) is 0. The van der Waals surface area contributed by atoms with E-state index in [2.05, 4.69) is 0 Å². The van der Waals surface area contributed by atoms with E-state index in [0.717, 1.165) is 0 Å². The molecule has 0 aliphatic carbocycles. The minimum absolute atomic E-state index is 0. The molecule has 0 aromatic rings. The molecule has 0 atom stereocenters. The smallest absolute Gasteiger partial charge is 1.00 e. The fourth-order valence-corrected chi connectivity index (χ4v) is 0. The van der Waals surface area contributed by atoms with Crippen molar-refractivity contribution in [2.75, 3.05) is 0 Å². The Kier molecular flexibility index (Phi) is 150. The van der Waals surface area contributed by atoms with Crippen LogP contribution in [0.3, 0.4) is 0 Å². The molecule has 0 aromatic heterocycles. The molecule has 0 bridgehead atoms. The summed E-state index contributed by atoms with van der Waals surface area (Å²) in [4.78, 5) is 0. The van der Waals surface area contributed by atoms with Crippen LogP contribution in [0.4, 0.5) is 0 Å². The summed E-state index contributed by atoms with van der Waals surface area (Å²) in [6.45, 7) is 0. The molecule has 0 fully saturated rings. The first-order valence-corrected chi connectivity index (χ1v) is 0. The van der Waals surface area contributed by atoms with E-state index >= 15 is 0 Å². The maximum Gasteiger partial charge on any atom is 1.00 e. The Morgan fingerprint density at radius 1 is 0.750 bits per heavy atom. The van der Waals surface area contributed by atoms with Crippen molar-refractivity contribution in [3.63, 3.8) is 0 Å². The second kappa shape index (κ2) is 18.3. The van der Waals surface area contributed by atoms with Gasteiger partial charge in [-0.15, -0.1) is 0 Å². The van der Waals surface area contributed by atoms with Crippen LogP contribution in [-0.2, 0) is 0 Å². The van der Waals surface area contributed by atoms with Crippen molar-refractivity contribution >= 4 is 8.41 Å². The summed E-state index contributed by atoms with van der Waals surface area (Å²) < 4.78 is 0. The molecule has 0 heterocycles. The first-order chi connectivity index (χ1) is 0. The van der Waals surface area contributed by atoms with Crippen LogP contribution in [0.25, 0.3) is 0 Å². The third-order valence-corrected chi connectivity index (χ3v) is 0. The van der Waals surface area contributed by atoms with Crippen molar-refractivity contribution < 1.29 is 71.5 Å². The maximum absolute atomic E-state index is 0. The third kappa shape index (κ3) is 8.84. The van der Waals surface area contributed by atoms with E-state index in [4.69, 9.17) is 0 Å². The van der Waals surface area contributed by atoms with Crippen LogP contribution in [-0.4, -0.2) is 8.41 Å². The summed E-state index contributed by atoms with van der Waals surface area (Å²) in [7, 11) is 0. The van der Waals surface area contributed by atoms with Gasteiger partial charge in [0.2, 0.25) is 0 Å². The fourth-order valence-electron chi connectivity index (χ4n) is 0. The minimum Gasteiger partial charge on any atom is -1.00 e. The van der Waals surface area contributed by atoms with Gasteiger partial charge in [-0.1, -0.05) is 8.41 Å². The predicted molar refractivity (Wildman–Crippen MR) is 11.3 cm³/mol. The van der Waals surface area contributed by atoms with Crippen LogP contribution < -0.4 is 71.5 Å². The van der Waals surface area contributed by atoms with E-state index < -0.39 is 0 Å². The summed E-state index contributed by atoms with van der Waals surface area (Å²) in [6, 6.07) is 0. The topological polar surface area (TPSA) is 0 Å². The van der Waals surface area contributed by atoms with E-state index in [1.54, 1.807) is 0 Å². The van der Waals surface area contributed by atoms with Gasteiger partial charge in [0.05, 0.1) is 0 Å². The number of rotatable bonds is 0. The van der Waals surface area contributed by atoms with Gasteiger partial charge >= 0.3 is 59.1 Å². The molecule has 0 aromatic carbocycles. The molecule has 0 spiro atoms. The van der Waals surface area contributed by atoms with Gasteiger partial charge < -0.3 is 12.4 Å². The van der Waals surface area contributed by atoms with Crippen LogP contribution in [0.1, 0.15) is 0 Å². The van der Waals surface area contributed by atoms with Gasteiger partial charge in [-0.2, -0.15) is 0 Å². The van der Waals surface area contributed by atoms with Crippen molar-refractivity contribution in [3.05, 3.63) is 0 Å². The zero-order valence-corrected chi connectivity index (χ0v) is 7.13. The molecule has 16 valence electrons. The van der Waals surface area contributed by atoms with Gasteiger partial charge in [0.25, 0.3) is 0 Å². The molecule has 0 unspecified atom stereocenters. The Morgan fingerprint density at radius 2 is 0.750 bits per heavy atom. The molecule has 0 saturated carbocycles. The third-order valence-electron chi connectivity index (χ3n) is 0. The van der Waals surface area contributed by atoms with E-state index in [9.17, 15) is 0 Å². The molecule has 4 heteroatoms. The zero-order valence-electron chi connectivity index (χ0n) is 2.38. The van der Waals surface area contributed by atoms with Crippen molar-refractivity contribution in [2.24, 2.45) is 0 Å². The van der Waals surface area contributed by atoms with Gasteiger partial charge in [-0.25, -0.2) is 0 Å². The van der Waals surface area contributed by atoms with Gasteiger partial charge in [0.15, 0.2) is 0 Å². The Hall–Kier alpha value is 2.35. The zero-order chi connectivity index (χ0) is 0. The molecule has 0 nitrogen and oxygen atoms in total. The van der Waals surface area contributed by atoms with Crippen molar-refractivity contribution in [3.8, 4) is 0 Å². The number of hydrogen-bond acceptors (Lipinski definition) is 0. The summed E-state index contributed by atoms with van der Waals surface area (Å²) in [5, 5.41) is 0. The molecule has 0 radical (unpaired) electrons. The Morgan fingerprint density at radius 3 is 0.750 bits per heavy atom. The van der Waals surface area contributed by atoms with Gasteiger partial charge in [-0.05, 0) is 0 Å². The van der Waals surface area contributed by atoms with E-state index in [1.165, 1.54) is 0 Å². The van der Waals surface area contributed by atoms with Crippen molar-refractivity contribution in [2.45, 2.75) is 0 Å². The minimum atomic E-state index is 0. The summed E-state index contributed by atoms with van der Waals surface area (Å²) >= 11 is 0. The van der Waals surface area contributed by atoms with Crippen LogP contribution in [0, 0.1) is 0 Å². The Balaban J connectivity index is 0. The van der Waals surface area contributed by atoms with Gasteiger partial charge in [-0.3, -0.25) is 0 Å². The SMILES string of the molecule is [BH4-].[Cl-].[Na+].[Na+]. The van der Waals surface area contributed by atoms with Crippen LogP contribution in [0.15, 0.2) is 0 Å². The van der Waals surface area contributed by atoms with Crippen LogP contribution in [0.2, 0.25) is 0 Å².